The Kier molecular flexibility index (Phi) is 6.45. The molecular formula is C14H31N3. The highest BCUT2D eigenvalue weighted by Crippen LogP contribution is 2.21. The minimum absolute atomic E-state index is 0.391. The molecule has 1 saturated heterocycles. The van der Waals surface area contributed by atoms with Gasteiger partial charge in [0.1, 0.15) is 0 Å². The molecule has 1 rings (SSSR count). The van der Waals surface area contributed by atoms with Crippen LogP contribution >= 0.6 is 0 Å². The van der Waals surface area contributed by atoms with Crippen LogP contribution in [0.3, 0.4) is 0 Å². The summed E-state index contributed by atoms with van der Waals surface area (Å²) < 4.78 is 0. The first-order valence-electron chi connectivity index (χ1n) is 7.28. The van der Waals surface area contributed by atoms with Crippen LogP contribution in [0.1, 0.15) is 40.5 Å². The first kappa shape index (κ1) is 14.9. The lowest BCUT2D eigenvalue weighted by Gasteiger charge is -2.44. The molecule has 1 aliphatic rings. The van der Waals surface area contributed by atoms with E-state index < -0.39 is 0 Å². The highest BCUT2D eigenvalue weighted by atomic mass is 15.3. The topological polar surface area (TPSA) is 18.5 Å². The maximum Gasteiger partial charge on any atom is 0.0154 e. The van der Waals surface area contributed by atoms with Crippen LogP contribution in [0.4, 0.5) is 0 Å². The number of piperazine rings is 1. The Labute approximate surface area is 108 Å². The van der Waals surface area contributed by atoms with E-state index in [0.29, 0.717) is 5.54 Å². The molecule has 1 heterocycles. The molecule has 0 aliphatic carbocycles. The fraction of sp³-hybridized carbons (Fsp3) is 1.00. The zero-order valence-corrected chi connectivity index (χ0v) is 12.3. The molecule has 102 valence electrons. The van der Waals surface area contributed by atoms with E-state index in [4.69, 9.17) is 0 Å². The van der Waals surface area contributed by atoms with Crippen molar-refractivity contribution in [1.82, 2.24) is 15.1 Å². The van der Waals surface area contributed by atoms with Gasteiger partial charge in [-0.3, -0.25) is 9.80 Å². The lowest BCUT2D eigenvalue weighted by Crippen LogP contribution is -2.55. The van der Waals surface area contributed by atoms with Crippen molar-refractivity contribution >= 4 is 0 Å². The van der Waals surface area contributed by atoms with Gasteiger partial charge in [-0.15, -0.1) is 0 Å². The molecule has 1 aliphatic heterocycles. The van der Waals surface area contributed by atoms with Crippen molar-refractivity contribution < 1.29 is 0 Å². The number of hydrogen-bond donors (Lipinski definition) is 1. The molecule has 0 aromatic heterocycles. The molecule has 17 heavy (non-hydrogen) atoms. The third kappa shape index (κ3) is 4.94. The van der Waals surface area contributed by atoms with Crippen molar-refractivity contribution in [3.8, 4) is 0 Å². The molecule has 0 atom stereocenters. The monoisotopic (exact) mass is 241 g/mol. The molecule has 0 aromatic carbocycles. The molecular weight excluding hydrogens is 210 g/mol. The Morgan fingerprint density at radius 1 is 1.06 bits per heavy atom. The molecule has 0 spiro atoms. The third-order valence-corrected chi connectivity index (χ3v) is 3.94. The summed E-state index contributed by atoms with van der Waals surface area (Å²) in [5, 5.41) is 3.40. The van der Waals surface area contributed by atoms with Gasteiger partial charge < -0.3 is 5.32 Å². The van der Waals surface area contributed by atoms with Gasteiger partial charge in [-0.05, 0) is 26.8 Å². The number of hydrogen-bond acceptors (Lipinski definition) is 3. The van der Waals surface area contributed by atoms with Crippen molar-refractivity contribution in [2.45, 2.75) is 46.1 Å². The zero-order valence-electron chi connectivity index (χ0n) is 12.3. The molecule has 1 N–H and O–H groups in total. The second-order valence-corrected chi connectivity index (χ2v) is 5.74. The van der Waals surface area contributed by atoms with Crippen molar-refractivity contribution in [2.75, 3.05) is 45.8 Å². The lowest BCUT2D eigenvalue weighted by atomic mass is 9.95. The average Bonchev–Trinajstić information content (AvgIpc) is 2.30. The van der Waals surface area contributed by atoms with Gasteiger partial charge in [0.25, 0.3) is 0 Å². The summed E-state index contributed by atoms with van der Waals surface area (Å²) in [6.45, 7) is 17.6. The van der Waals surface area contributed by atoms with E-state index in [2.05, 4.69) is 42.8 Å². The molecule has 0 unspecified atom stereocenters. The molecule has 0 radical (unpaired) electrons. The summed E-state index contributed by atoms with van der Waals surface area (Å²) in [5.74, 6) is 0. The van der Waals surface area contributed by atoms with Gasteiger partial charge in [-0.25, -0.2) is 0 Å². The smallest absolute Gasteiger partial charge is 0.0154 e. The second kappa shape index (κ2) is 7.34. The molecule has 3 heteroatoms. The summed E-state index contributed by atoms with van der Waals surface area (Å²) in [5.41, 5.74) is 0.391. The molecule has 0 saturated carbocycles. The van der Waals surface area contributed by atoms with Crippen molar-refractivity contribution in [3.63, 3.8) is 0 Å². The van der Waals surface area contributed by atoms with Crippen LogP contribution in [0.15, 0.2) is 0 Å². The summed E-state index contributed by atoms with van der Waals surface area (Å²) >= 11 is 0. The van der Waals surface area contributed by atoms with Gasteiger partial charge in [0.15, 0.2) is 0 Å². The number of nitrogens with one attached hydrogen (secondary N) is 1. The van der Waals surface area contributed by atoms with Gasteiger partial charge in [-0.1, -0.05) is 20.3 Å². The quantitative estimate of drug-likeness (QED) is 0.686. The summed E-state index contributed by atoms with van der Waals surface area (Å²) in [6, 6.07) is 0. The Morgan fingerprint density at radius 3 is 2.24 bits per heavy atom. The van der Waals surface area contributed by atoms with Crippen LogP contribution in [0.25, 0.3) is 0 Å². The fourth-order valence-corrected chi connectivity index (χ4v) is 2.76. The maximum atomic E-state index is 3.40. The summed E-state index contributed by atoms with van der Waals surface area (Å²) in [6.07, 6.45) is 2.60. The van der Waals surface area contributed by atoms with Gasteiger partial charge in [0, 0.05) is 44.8 Å². The van der Waals surface area contributed by atoms with Gasteiger partial charge in [-0.2, -0.15) is 0 Å². The van der Waals surface area contributed by atoms with Crippen molar-refractivity contribution in [3.05, 3.63) is 0 Å². The van der Waals surface area contributed by atoms with E-state index >= 15 is 0 Å². The largest absolute Gasteiger partial charge is 0.316 e. The first-order valence-corrected chi connectivity index (χ1v) is 7.28. The number of nitrogens with zero attached hydrogens (tertiary/aromatic N) is 2. The second-order valence-electron chi connectivity index (χ2n) is 5.74. The predicted molar refractivity (Wildman–Crippen MR) is 75.5 cm³/mol. The zero-order chi connectivity index (χ0) is 12.7. The van der Waals surface area contributed by atoms with Crippen LogP contribution in [0.5, 0.6) is 0 Å². The van der Waals surface area contributed by atoms with Crippen LogP contribution in [-0.4, -0.2) is 61.2 Å². The van der Waals surface area contributed by atoms with Crippen LogP contribution < -0.4 is 5.32 Å². The van der Waals surface area contributed by atoms with Crippen molar-refractivity contribution in [1.29, 1.82) is 0 Å². The molecule has 0 bridgehead atoms. The van der Waals surface area contributed by atoms with E-state index in [0.717, 1.165) is 13.1 Å². The summed E-state index contributed by atoms with van der Waals surface area (Å²) in [4.78, 5) is 5.25. The van der Waals surface area contributed by atoms with E-state index in [-0.39, 0.29) is 0 Å². The van der Waals surface area contributed by atoms with Crippen LogP contribution in [-0.2, 0) is 0 Å². The number of likely N-dealkylation sites (N-methyl/N-ethyl adjacent to an activating group) is 1. The van der Waals surface area contributed by atoms with E-state index in [1.54, 1.807) is 0 Å². The fourth-order valence-electron chi connectivity index (χ4n) is 2.76. The minimum atomic E-state index is 0.391. The van der Waals surface area contributed by atoms with Gasteiger partial charge >= 0.3 is 0 Å². The third-order valence-electron chi connectivity index (χ3n) is 3.94. The Morgan fingerprint density at radius 2 is 1.71 bits per heavy atom. The maximum absolute atomic E-state index is 3.40. The standard InChI is InChI=1S/C14H31N3/c1-5-7-14(3,4)17-12-10-16(11-13-17)9-8-15-6-2/h15H,5-13H2,1-4H3. The first-order chi connectivity index (χ1) is 8.10. The molecule has 0 amide bonds. The Balaban J connectivity index is 2.25. The molecule has 3 nitrogen and oxygen atoms in total. The molecule has 0 aromatic rings. The molecule has 1 fully saturated rings. The summed E-state index contributed by atoms with van der Waals surface area (Å²) in [7, 11) is 0. The highest BCUT2D eigenvalue weighted by Gasteiger charge is 2.28. The highest BCUT2D eigenvalue weighted by molar-refractivity contribution is 4.85. The Bertz CT molecular complexity index is 196. The van der Waals surface area contributed by atoms with E-state index in [9.17, 15) is 0 Å². The van der Waals surface area contributed by atoms with Crippen molar-refractivity contribution in [2.24, 2.45) is 0 Å². The lowest BCUT2D eigenvalue weighted by molar-refractivity contribution is 0.0473. The normalized spacial score (nSPS) is 19.8. The van der Waals surface area contributed by atoms with E-state index in [1.165, 1.54) is 45.6 Å². The van der Waals surface area contributed by atoms with Gasteiger partial charge in [0.2, 0.25) is 0 Å². The minimum Gasteiger partial charge on any atom is -0.316 e. The SMILES string of the molecule is CCCC(C)(C)N1CCN(CCNCC)CC1. The predicted octanol–water partition coefficient (Wildman–Crippen LogP) is 1.79. The van der Waals surface area contributed by atoms with Gasteiger partial charge in [0.05, 0.1) is 0 Å². The average molecular weight is 241 g/mol. The Hall–Kier alpha value is -0.120. The van der Waals surface area contributed by atoms with Crippen LogP contribution in [0.2, 0.25) is 0 Å². The van der Waals surface area contributed by atoms with Crippen LogP contribution in [0, 0.1) is 0 Å². The number of rotatable bonds is 7. The van der Waals surface area contributed by atoms with E-state index in [1.807, 2.05) is 0 Å².